The van der Waals surface area contributed by atoms with Gasteiger partial charge in [-0.25, -0.2) is 0 Å². The number of nitrogens with one attached hydrogen (secondary N) is 1. The second-order valence-electron chi connectivity index (χ2n) is 3.69. The number of anilines is 1. The Hall–Kier alpha value is -2.49. The van der Waals surface area contributed by atoms with Gasteiger partial charge in [-0.3, -0.25) is 14.8 Å². The minimum Gasteiger partial charge on any atom is -0.321 e. The van der Waals surface area contributed by atoms with Gasteiger partial charge in [0.2, 0.25) is 0 Å². The molecule has 82 valence electrons. The molecular weight excluding hydrogens is 214 g/mol. The van der Waals surface area contributed by atoms with E-state index in [-0.39, 0.29) is 5.91 Å². The van der Waals surface area contributed by atoms with E-state index >= 15 is 0 Å². The van der Waals surface area contributed by atoms with Crippen molar-refractivity contribution in [3.8, 4) is 0 Å². The number of amides is 1. The lowest BCUT2D eigenvalue weighted by Gasteiger charge is -1.96. The molecule has 0 saturated heterocycles. The summed E-state index contributed by atoms with van der Waals surface area (Å²) in [7, 11) is 0. The topological polar surface area (TPSA) is 54.9 Å². The molecule has 1 amide bonds. The molecule has 1 N–H and O–H groups in total. The second kappa shape index (κ2) is 3.83. The van der Waals surface area contributed by atoms with Crippen molar-refractivity contribution >= 4 is 23.2 Å². The third-order valence-electron chi connectivity index (χ3n) is 2.59. The first kappa shape index (κ1) is 9.72. The lowest BCUT2D eigenvalue weighted by atomic mass is 10.1. The molecule has 0 unspecified atom stereocenters. The van der Waals surface area contributed by atoms with Gasteiger partial charge in [0.15, 0.2) is 0 Å². The summed E-state index contributed by atoms with van der Waals surface area (Å²) in [4.78, 5) is 19.9. The molecule has 0 bridgehead atoms. The van der Waals surface area contributed by atoms with Gasteiger partial charge < -0.3 is 5.32 Å². The standard InChI is InChI=1S/C13H9N3O/c17-13-11(7-9-8-14-5-6-15-9)10-3-1-2-4-12(10)16-13/h1-8H,(H,16,17). The van der Waals surface area contributed by atoms with Crippen LogP contribution < -0.4 is 5.32 Å². The van der Waals surface area contributed by atoms with Crippen molar-refractivity contribution in [2.45, 2.75) is 0 Å². The monoisotopic (exact) mass is 223 g/mol. The molecule has 2 heterocycles. The molecule has 1 aromatic heterocycles. The fraction of sp³-hybridized carbons (Fsp3) is 0. The summed E-state index contributed by atoms with van der Waals surface area (Å²) in [6.07, 6.45) is 6.57. The van der Waals surface area contributed by atoms with Crippen molar-refractivity contribution in [1.29, 1.82) is 0 Å². The molecule has 1 aliphatic heterocycles. The zero-order chi connectivity index (χ0) is 11.7. The predicted molar refractivity (Wildman–Crippen MR) is 65.0 cm³/mol. The van der Waals surface area contributed by atoms with E-state index in [2.05, 4.69) is 15.3 Å². The van der Waals surface area contributed by atoms with Crippen molar-refractivity contribution in [3.63, 3.8) is 0 Å². The molecule has 0 fully saturated rings. The third-order valence-corrected chi connectivity index (χ3v) is 2.59. The van der Waals surface area contributed by atoms with Crippen molar-refractivity contribution in [2.24, 2.45) is 0 Å². The number of fused-ring (bicyclic) bond motifs is 1. The highest BCUT2D eigenvalue weighted by Gasteiger charge is 2.23. The van der Waals surface area contributed by atoms with Crippen molar-refractivity contribution in [2.75, 3.05) is 5.32 Å². The summed E-state index contributed by atoms with van der Waals surface area (Å²) in [6.45, 7) is 0. The van der Waals surface area contributed by atoms with Crippen LogP contribution >= 0.6 is 0 Å². The smallest absolute Gasteiger partial charge is 0.256 e. The number of benzene rings is 1. The maximum Gasteiger partial charge on any atom is 0.256 e. The van der Waals surface area contributed by atoms with Gasteiger partial charge in [0.1, 0.15) is 0 Å². The number of rotatable bonds is 1. The molecule has 0 atom stereocenters. The average molecular weight is 223 g/mol. The van der Waals surface area contributed by atoms with Gasteiger partial charge in [0, 0.05) is 23.6 Å². The minimum atomic E-state index is -0.100. The maximum atomic E-state index is 11.8. The van der Waals surface area contributed by atoms with Gasteiger partial charge in [-0.2, -0.15) is 0 Å². The number of aromatic nitrogens is 2. The Morgan fingerprint density at radius 1 is 1.18 bits per heavy atom. The summed E-state index contributed by atoms with van der Waals surface area (Å²) in [5.41, 5.74) is 3.05. The quantitative estimate of drug-likeness (QED) is 0.752. The van der Waals surface area contributed by atoms with Gasteiger partial charge in [-0.05, 0) is 12.1 Å². The predicted octanol–water partition coefficient (Wildman–Crippen LogP) is 1.97. The van der Waals surface area contributed by atoms with Gasteiger partial charge in [0.25, 0.3) is 5.91 Å². The molecule has 0 spiro atoms. The molecule has 0 radical (unpaired) electrons. The van der Waals surface area contributed by atoms with Crippen molar-refractivity contribution < 1.29 is 4.79 Å². The van der Waals surface area contributed by atoms with E-state index in [9.17, 15) is 4.79 Å². The fourth-order valence-electron chi connectivity index (χ4n) is 1.82. The summed E-state index contributed by atoms with van der Waals surface area (Å²) < 4.78 is 0. The van der Waals surface area contributed by atoms with E-state index in [0.29, 0.717) is 11.3 Å². The van der Waals surface area contributed by atoms with Crippen LogP contribution in [0.2, 0.25) is 0 Å². The summed E-state index contributed by atoms with van der Waals surface area (Å²) >= 11 is 0. The highest BCUT2D eigenvalue weighted by atomic mass is 16.2. The highest BCUT2D eigenvalue weighted by Crippen LogP contribution is 2.32. The molecule has 0 aliphatic carbocycles. The van der Waals surface area contributed by atoms with Crippen LogP contribution in [0.3, 0.4) is 0 Å². The van der Waals surface area contributed by atoms with Crippen LogP contribution in [-0.4, -0.2) is 15.9 Å². The number of nitrogens with zero attached hydrogens (tertiary/aromatic N) is 2. The van der Waals surface area contributed by atoms with E-state index < -0.39 is 0 Å². The number of hydrogen-bond acceptors (Lipinski definition) is 3. The number of para-hydroxylation sites is 1. The molecule has 1 aromatic carbocycles. The highest BCUT2D eigenvalue weighted by molar-refractivity contribution is 6.34. The first-order chi connectivity index (χ1) is 8.34. The van der Waals surface area contributed by atoms with Crippen LogP contribution in [0, 0.1) is 0 Å². The van der Waals surface area contributed by atoms with E-state index in [1.54, 1.807) is 24.7 Å². The molecule has 4 nitrogen and oxygen atoms in total. The molecule has 4 heteroatoms. The lowest BCUT2D eigenvalue weighted by molar-refractivity contribution is -0.110. The van der Waals surface area contributed by atoms with E-state index in [1.165, 1.54) is 0 Å². The zero-order valence-electron chi connectivity index (χ0n) is 8.92. The Balaban J connectivity index is 2.10. The summed E-state index contributed by atoms with van der Waals surface area (Å²) in [5.74, 6) is -0.100. The maximum absolute atomic E-state index is 11.8. The van der Waals surface area contributed by atoms with Gasteiger partial charge in [-0.1, -0.05) is 18.2 Å². The average Bonchev–Trinajstić information content (AvgIpc) is 2.68. The first-order valence-electron chi connectivity index (χ1n) is 5.23. The number of carbonyl (C=O) groups excluding carboxylic acids is 1. The van der Waals surface area contributed by atoms with Crippen LogP contribution in [0.4, 0.5) is 5.69 Å². The Bertz CT molecular complexity index is 605. The largest absolute Gasteiger partial charge is 0.321 e. The normalized spacial score (nSPS) is 15.8. The molecule has 1 aliphatic rings. The molecule has 2 aromatic rings. The fourth-order valence-corrected chi connectivity index (χ4v) is 1.82. The number of hydrogen-bond donors (Lipinski definition) is 1. The van der Waals surface area contributed by atoms with Crippen LogP contribution in [0.25, 0.3) is 11.6 Å². The SMILES string of the molecule is O=C1Nc2ccccc2C1=Cc1cnccn1. The van der Waals surface area contributed by atoms with E-state index in [1.807, 2.05) is 24.3 Å². The van der Waals surface area contributed by atoms with Crippen LogP contribution in [-0.2, 0) is 4.79 Å². The van der Waals surface area contributed by atoms with Crippen molar-refractivity contribution in [1.82, 2.24) is 9.97 Å². The third kappa shape index (κ3) is 1.69. The Morgan fingerprint density at radius 2 is 2.06 bits per heavy atom. The van der Waals surface area contributed by atoms with Crippen LogP contribution in [0.1, 0.15) is 11.3 Å². The Labute approximate surface area is 98.0 Å². The zero-order valence-corrected chi connectivity index (χ0v) is 8.92. The van der Waals surface area contributed by atoms with Gasteiger partial charge in [-0.15, -0.1) is 0 Å². The summed E-state index contributed by atoms with van der Waals surface area (Å²) in [6, 6.07) is 7.59. The lowest BCUT2D eigenvalue weighted by Crippen LogP contribution is -2.03. The van der Waals surface area contributed by atoms with E-state index in [0.717, 1.165) is 11.3 Å². The molecule has 0 saturated carbocycles. The Morgan fingerprint density at radius 3 is 2.88 bits per heavy atom. The van der Waals surface area contributed by atoms with Crippen LogP contribution in [0.15, 0.2) is 42.9 Å². The molecule has 3 rings (SSSR count). The van der Waals surface area contributed by atoms with E-state index in [4.69, 9.17) is 0 Å². The summed E-state index contributed by atoms with van der Waals surface area (Å²) in [5, 5.41) is 2.81. The van der Waals surface area contributed by atoms with Gasteiger partial charge >= 0.3 is 0 Å². The molecular formula is C13H9N3O. The van der Waals surface area contributed by atoms with Crippen molar-refractivity contribution in [3.05, 3.63) is 54.1 Å². The minimum absolute atomic E-state index is 0.100. The van der Waals surface area contributed by atoms with Crippen LogP contribution in [0.5, 0.6) is 0 Å². The second-order valence-corrected chi connectivity index (χ2v) is 3.69. The first-order valence-corrected chi connectivity index (χ1v) is 5.23. The number of carbonyl (C=O) groups is 1. The van der Waals surface area contributed by atoms with Gasteiger partial charge in [0.05, 0.1) is 17.5 Å². The Kier molecular flexibility index (Phi) is 2.19. The molecule has 17 heavy (non-hydrogen) atoms.